The number of carbonyl (C=O) groups excluding carboxylic acids is 1. The molecule has 3 rings (SSSR count). The van der Waals surface area contributed by atoms with Gasteiger partial charge in [0.1, 0.15) is 0 Å². The van der Waals surface area contributed by atoms with Crippen LogP contribution >= 0.6 is 23.1 Å². The number of thioether (sulfide) groups is 1. The molecule has 1 fully saturated rings. The minimum absolute atomic E-state index is 0.0798. The van der Waals surface area contributed by atoms with Crippen LogP contribution in [0.5, 0.6) is 0 Å². The standard InChI is InChI=1S/C16H22N4OS2/c1-10-6-3-4-7-12(10)17-15(21)11(2)23-16-18-14(19-20-16)13-8-5-9-22-13/h5,8-12H,3-4,6-7H2,1-2H3,(H,17,21)(H,18,19,20)/t10-,11+,12+/m0/s1. The number of aromatic nitrogens is 3. The summed E-state index contributed by atoms with van der Waals surface area (Å²) in [4.78, 5) is 17.9. The molecule has 5 nitrogen and oxygen atoms in total. The van der Waals surface area contributed by atoms with Gasteiger partial charge in [0.2, 0.25) is 11.1 Å². The molecule has 0 saturated heterocycles. The first-order valence-electron chi connectivity index (χ1n) is 8.07. The fourth-order valence-corrected chi connectivity index (χ4v) is 4.26. The van der Waals surface area contributed by atoms with Gasteiger partial charge in [-0.05, 0) is 37.1 Å². The van der Waals surface area contributed by atoms with Gasteiger partial charge >= 0.3 is 0 Å². The molecule has 1 amide bonds. The molecule has 0 spiro atoms. The Kier molecular flexibility index (Phi) is 5.38. The average Bonchev–Trinajstić information content (AvgIpc) is 3.20. The Labute approximate surface area is 144 Å². The molecule has 2 heterocycles. The van der Waals surface area contributed by atoms with Crippen molar-refractivity contribution in [1.82, 2.24) is 20.5 Å². The lowest BCUT2D eigenvalue weighted by molar-refractivity contribution is -0.121. The first kappa shape index (κ1) is 16.5. The summed E-state index contributed by atoms with van der Waals surface area (Å²) in [6.45, 7) is 4.14. The molecular weight excluding hydrogens is 328 g/mol. The van der Waals surface area contributed by atoms with Crippen molar-refractivity contribution in [3.05, 3.63) is 17.5 Å². The maximum Gasteiger partial charge on any atom is 0.233 e. The molecule has 0 unspecified atom stereocenters. The SMILES string of the molecule is C[C@@H](Sc1n[nH]c(-c2cccs2)n1)C(=O)N[C@@H]1CCCC[C@@H]1C. The molecule has 1 aliphatic carbocycles. The zero-order valence-corrected chi connectivity index (χ0v) is 15.0. The van der Waals surface area contributed by atoms with E-state index in [0.29, 0.717) is 17.1 Å². The monoisotopic (exact) mass is 350 g/mol. The van der Waals surface area contributed by atoms with Gasteiger partial charge in [-0.2, -0.15) is 0 Å². The zero-order valence-electron chi connectivity index (χ0n) is 13.4. The number of hydrogen-bond acceptors (Lipinski definition) is 5. The van der Waals surface area contributed by atoms with E-state index in [4.69, 9.17) is 0 Å². The van der Waals surface area contributed by atoms with Crippen molar-refractivity contribution in [3.63, 3.8) is 0 Å². The van der Waals surface area contributed by atoms with E-state index in [1.165, 1.54) is 31.0 Å². The molecule has 2 aromatic rings. The van der Waals surface area contributed by atoms with E-state index in [9.17, 15) is 4.79 Å². The summed E-state index contributed by atoms with van der Waals surface area (Å²) in [5, 5.41) is 12.8. The Morgan fingerprint density at radius 1 is 1.48 bits per heavy atom. The normalized spacial score (nSPS) is 22.7. The maximum absolute atomic E-state index is 12.4. The number of hydrogen-bond donors (Lipinski definition) is 2. The van der Waals surface area contributed by atoms with Crippen LogP contribution in [-0.4, -0.2) is 32.4 Å². The average molecular weight is 351 g/mol. The molecule has 2 N–H and O–H groups in total. The highest BCUT2D eigenvalue weighted by Gasteiger charge is 2.25. The Balaban J connectivity index is 1.56. The quantitative estimate of drug-likeness (QED) is 0.807. The third-order valence-corrected chi connectivity index (χ3v) is 6.15. The van der Waals surface area contributed by atoms with Crippen LogP contribution in [0, 0.1) is 5.92 Å². The van der Waals surface area contributed by atoms with Crippen molar-refractivity contribution in [2.45, 2.75) is 56.0 Å². The lowest BCUT2D eigenvalue weighted by Crippen LogP contribution is -2.44. The summed E-state index contributed by atoms with van der Waals surface area (Å²) in [6, 6.07) is 4.30. The highest BCUT2D eigenvalue weighted by molar-refractivity contribution is 8.00. The third kappa shape index (κ3) is 4.14. The number of nitrogens with zero attached hydrogens (tertiary/aromatic N) is 2. The van der Waals surface area contributed by atoms with E-state index in [1.54, 1.807) is 11.3 Å². The van der Waals surface area contributed by atoms with Crippen molar-refractivity contribution >= 4 is 29.0 Å². The van der Waals surface area contributed by atoms with Crippen LogP contribution in [0.3, 0.4) is 0 Å². The van der Waals surface area contributed by atoms with Crippen LogP contribution in [0.15, 0.2) is 22.7 Å². The van der Waals surface area contributed by atoms with Crippen molar-refractivity contribution in [2.75, 3.05) is 0 Å². The van der Waals surface area contributed by atoms with Gasteiger partial charge in [0.15, 0.2) is 5.82 Å². The van der Waals surface area contributed by atoms with Crippen LogP contribution in [0.4, 0.5) is 0 Å². The largest absolute Gasteiger partial charge is 0.352 e. The van der Waals surface area contributed by atoms with E-state index in [0.717, 1.165) is 17.1 Å². The number of H-pyrrole nitrogens is 1. The number of thiophene rings is 1. The molecule has 3 atom stereocenters. The predicted octanol–water partition coefficient (Wildman–Crippen LogP) is 3.71. The molecule has 0 radical (unpaired) electrons. The Morgan fingerprint density at radius 2 is 2.30 bits per heavy atom. The minimum atomic E-state index is -0.198. The number of amides is 1. The van der Waals surface area contributed by atoms with E-state index >= 15 is 0 Å². The second kappa shape index (κ2) is 7.49. The maximum atomic E-state index is 12.4. The van der Waals surface area contributed by atoms with Crippen LogP contribution in [-0.2, 0) is 4.79 Å². The summed E-state index contributed by atoms with van der Waals surface area (Å²) in [5.74, 6) is 1.41. The molecular formula is C16H22N4OS2. The lowest BCUT2D eigenvalue weighted by Gasteiger charge is -2.30. The smallest absolute Gasteiger partial charge is 0.233 e. The van der Waals surface area contributed by atoms with Gasteiger partial charge in [-0.3, -0.25) is 9.89 Å². The van der Waals surface area contributed by atoms with E-state index in [2.05, 4.69) is 27.4 Å². The highest BCUT2D eigenvalue weighted by Crippen LogP contribution is 2.27. The van der Waals surface area contributed by atoms with E-state index in [-0.39, 0.29) is 11.2 Å². The van der Waals surface area contributed by atoms with Crippen LogP contribution in [0.2, 0.25) is 0 Å². The number of rotatable bonds is 5. The summed E-state index contributed by atoms with van der Waals surface area (Å²) in [6.07, 6.45) is 4.79. The molecule has 0 bridgehead atoms. The molecule has 1 aliphatic rings. The topological polar surface area (TPSA) is 70.7 Å². The van der Waals surface area contributed by atoms with Gasteiger partial charge in [0.05, 0.1) is 10.1 Å². The number of carbonyl (C=O) groups is 1. The van der Waals surface area contributed by atoms with Crippen molar-refractivity contribution < 1.29 is 4.79 Å². The minimum Gasteiger partial charge on any atom is -0.352 e. The molecule has 23 heavy (non-hydrogen) atoms. The first-order chi connectivity index (χ1) is 11.1. The summed E-state index contributed by atoms with van der Waals surface area (Å²) < 4.78 is 0. The van der Waals surface area contributed by atoms with E-state index < -0.39 is 0 Å². The molecule has 7 heteroatoms. The summed E-state index contributed by atoms with van der Waals surface area (Å²) in [7, 11) is 0. The van der Waals surface area contributed by atoms with Crippen molar-refractivity contribution in [3.8, 4) is 10.7 Å². The van der Waals surface area contributed by atoms with Gasteiger partial charge in [0, 0.05) is 6.04 Å². The van der Waals surface area contributed by atoms with Crippen LogP contribution < -0.4 is 5.32 Å². The van der Waals surface area contributed by atoms with Gasteiger partial charge in [-0.15, -0.1) is 16.4 Å². The van der Waals surface area contributed by atoms with Crippen LogP contribution in [0.25, 0.3) is 10.7 Å². The van der Waals surface area contributed by atoms with Gasteiger partial charge in [-0.25, -0.2) is 4.98 Å². The van der Waals surface area contributed by atoms with Gasteiger partial charge < -0.3 is 5.32 Å². The van der Waals surface area contributed by atoms with Crippen molar-refractivity contribution in [2.24, 2.45) is 5.92 Å². The van der Waals surface area contributed by atoms with Gasteiger partial charge in [0.25, 0.3) is 0 Å². The predicted molar refractivity (Wildman–Crippen MR) is 94.6 cm³/mol. The Morgan fingerprint density at radius 3 is 3.04 bits per heavy atom. The third-order valence-electron chi connectivity index (χ3n) is 4.31. The molecule has 2 aromatic heterocycles. The number of aromatic amines is 1. The van der Waals surface area contributed by atoms with Gasteiger partial charge in [-0.1, -0.05) is 37.6 Å². The summed E-state index contributed by atoms with van der Waals surface area (Å²) in [5.41, 5.74) is 0. The van der Waals surface area contributed by atoms with Crippen LogP contribution in [0.1, 0.15) is 39.5 Å². The Bertz CT molecular complexity index is 640. The first-order valence-corrected chi connectivity index (χ1v) is 9.82. The molecule has 0 aliphatic heterocycles. The second-order valence-electron chi connectivity index (χ2n) is 6.08. The lowest BCUT2D eigenvalue weighted by atomic mass is 9.86. The fraction of sp³-hybridized carbons (Fsp3) is 0.562. The Hall–Kier alpha value is -1.34. The van der Waals surface area contributed by atoms with Crippen molar-refractivity contribution in [1.29, 1.82) is 0 Å². The second-order valence-corrected chi connectivity index (χ2v) is 8.34. The highest BCUT2D eigenvalue weighted by atomic mass is 32.2. The molecule has 1 saturated carbocycles. The number of nitrogens with one attached hydrogen (secondary N) is 2. The summed E-state index contributed by atoms with van der Waals surface area (Å²) >= 11 is 3.01. The fourth-order valence-electron chi connectivity index (χ4n) is 2.87. The zero-order chi connectivity index (χ0) is 16.2. The molecule has 124 valence electrons. The molecule has 0 aromatic carbocycles. The van der Waals surface area contributed by atoms with E-state index in [1.807, 2.05) is 24.4 Å².